The van der Waals surface area contributed by atoms with Crippen molar-refractivity contribution in [1.82, 2.24) is 5.32 Å². The van der Waals surface area contributed by atoms with Crippen LogP contribution in [0.3, 0.4) is 0 Å². The van der Waals surface area contributed by atoms with E-state index in [1.165, 1.54) is 6.08 Å². The van der Waals surface area contributed by atoms with Gasteiger partial charge in [-0.15, -0.1) is 0 Å². The van der Waals surface area contributed by atoms with Crippen LogP contribution in [0, 0.1) is 0 Å². The Labute approximate surface area is 72.8 Å². The molecule has 4 nitrogen and oxygen atoms in total. The highest BCUT2D eigenvalue weighted by Gasteiger charge is 1.99. The highest BCUT2D eigenvalue weighted by Crippen LogP contribution is 1.86. The summed E-state index contributed by atoms with van der Waals surface area (Å²) in [5.41, 5.74) is 5.45. The first-order chi connectivity index (χ1) is 5.56. The topological polar surface area (TPSA) is 64.3 Å². The average molecular weight is 172 g/mol. The van der Waals surface area contributed by atoms with E-state index in [0.29, 0.717) is 12.4 Å². The molecule has 0 aliphatic heterocycles. The smallest absolute Gasteiger partial charge is 0.334 e. The van der Waals surface area contributed by atoms with Gasteiger partial charge in [0.2, 0.25) is 0 Å². The van der Waals surface area contributed by atoms with Crippen molar-refractivity contribution < 1.29 is 9.53 Å². The van der Waals surface area contributed by atoms with Crippen molar-refractivity contribution in [1.29, 1.82) is 0 Å². The number of ether oxygens (including phenoxy) is 1. The molecule has 0 aliphatic rings. The Morgan fingerprint density at radius 2 is 2.25 bits per heavy atom. The highest BCUT2D eigenvalue weighted by molar-refractivity contribution is 5.82. The third-order valence-electron chi connectivity index (χ3n) is 1.02. The molecule has 0 spiro atoms. The van der Waals surface area contributed by atoms with E-state index < -0.39 is 5.97 Å². The van der Waals surface area contributed by atoms with Crippen LogP contribution in [-0.2, 0) is 9.53 Å². The maximum Gasteiger partial charge on any atom is 0.334 e. The van der Waals surface area contributed by atoms with Gasteiger partial charge in [-0.3, -0.25) is 0 Å². The van der Waals surface area contributed by atoms with E-state index in [1.54, 1.807) is 6.92 Å². The number of hydrogen-bond acceptors (Lipinski definition) is 4. The molecule has 0 fully saturated rings. The maximum absolute atomic E-state index is 10.8. The SMILES string of the molecule is CCOC(=O)/C=C(/N)NC(C)C. The van der Waals surface area contributed by atoms with Crippen molar-refractivity contribution in [3.8, 4) is 0 Å². The molecule has 0 unspecified atom stereocenters. The van der Waals surface area contributed by atoms with Gasteiger partial charge in [-0.25, -0.2) is 4.79 Å². The predicted octanol–water partition coefficient (Wildman–Crippen LogP) is 0.348. The maximum atomic E-state index is 10.8. The summed E-state index contributed by atoms with van der Waals surface area (Å²) in [4.78, 5) is 10.8. The Balaban J connectivity index is 3.89. The molecule has 70 valence electrons. The van der Waals surface area contributed by atoms with Gasteiger partial charge in [-0.1, -0.05) is 0 Å². The summed E-state index contributed by atoms with van der Waals surface area (Å²) < 4.78 is 4.66. The number of nitrogens with two attached hydrogens (primary N) is 1. The molecule has 0 bridgehead atoms. The Kier molecular flexibility index (Phi) is 4.92. The Bertz CT molecular complexity index is 176. The molecule has 0 saturated heterocycles. The molecule has 0 atom stereocenters. The highest BCUT2D eigenvalue weighted by atomic mass is 16.5. The van der Waals surface area contributed by atoms with Gasteiger partial charge in [-0.2, -0.15) is 0 Å². The van der Waals surface area contributed by atoms with Crippen LogP contribution in [-0.4, -0.2) is 18.6 Å². The van der Waals surface area contributed by atoms with Gasteiger partial charge in [0.25, 0.3) is 0 Å². The summed E-state index contributed by atoms with van der Waals surface area (Å²) in [5, 5.41) is 2.87. The van der Waals surface area contributed by atoms with Gasteiger partial charge in [-0.05, 0) is 20.8 Å². The zero-order chi connectivity index (χ0) is 9.56. The van der Waals surface area contributed by atoms with Gasteiger partial charge in [0.1, 0.15) is 5.82 Å². The molecule has 0 aromatic rings. The van der Waals surface area contributed by atoms with Crippen LogP contribution in [0.2, 0.25) is 0 Å². The molecule has 0 saturated carbocycles. The lowest BCUT2D eigenvalue weighted by Gasteiger charge is -2.08. The van der Waals surface area contributed by atoms with E-state index in [9.17, 15) is 4.79 Å². The van der Waals surface area contributed by atoms with E-state index in [1.807, 2.05) is 13.8 Å². The molecule has 0 aromatic carbocycles. The zero-order valence-corrected chi connectivity index (χ0v) is 7.76. The van der Waals surface area contributed by atoms with Crippen molar-refractivity contribution in [2.75, 3.05) is 6.61 Å². The lowest BCUT2D eigenvalue weighted by Crippen LogP contribution is -2.27. The minimum atomic E-state index is -0.414. The molecule has 0 radical (unpaired) electrons. The summed E-state index contributed by atoms with van der Waals surface area (Å²) in [6.07, 6.45) is 1.24. The van der Waals surface area contributed by atoms with Crippen LogP contribution in [0.1, 0.15) is 20.8 Å². The largest absolute Gasteiger partial charge is 0.463 e. The lowest BCUT2D eigenvalue weighted by atomic mass is 10.4. The fourth-order valence-corrected chi connectivity index (χ4v) is 0.686. The number of carbonyl (C=O) groups is 1. The first-order valence-corrected chi connectivity index (χ1v) is 3.96. The second kappa shape index (κ2) is 5.46. The standard InChI is InChI=1S/C8H16N2O2/c1-4-12-8(11)5-7(9)10-6(2)3/h5-6,10H,4,9H2,1-3H3/b7-5-. The zero-order valence-electron chi connectivity index (χ0n) is 7.76. The van der Waals surface area contributed by atoms with Crippen molar-refractivity contribution in [2.24, 2.45) is 5.73 Å². The van der Waals surface area contributed by atoms with Crippen molar-refractivity contribution in [3.05, 3.63) is 11.9 Å². The summed E-state index contributed by atoms with van der Waals surface area (Å²) in [5.74, 6) is -0.0772. The third-order valence-corrected chi connectivity index (χ3v) is 1.02. The van der Waals surface area contributed by atoms with E-state index in [2.05, 4.69) is 10.1 Å². The summed E-state index contributed by atoms with van der Waals surface area (Å²) >= 11 is 0. The molecule has 4 heteroatoms. The Hall–Kier alpha value is -1.19. The Morgan fingerprint density at radius 3 is 2.67 bits per heavy atom. The molecule has 0 amide bonds. The molecular weight excluding hydrogens is 156 g/mol. The Morgan fingerprint density at radius 1 is 1.67 bits per heavy atom. The van der Waals surface area contributed by atoms with Gasteiger partial charge in [0.05, 0.1) is 12.7 Å². The van der Waals surface area contributed by atoms with E-state index in [4.69, 9.17) is 5.73 Å². The van der Waals surface area contributed by atoms with Gasteiger partial charge in [0.15, 0.2) is 0 Å². The number of rotatable bonds is 4. The second-order valence-electron chi connectivity index (χ2n) is 2.65. The fourth-order valence-electron chi connectivity index (χ4n) is 0.686. The molecule has 0 aliphatic carbocycles. The van der Waals surface area contributed by atoms with Crippen LogP contribution >= 0.6 is 0 Å². The van der Waals surface area contributed by atoms with Crippen LogP contribution < -0.4 is 11.1 Å². The van der Waals surface area contributed by atoms with E-state index in [-0.39, 0.29) is 6.04 Å². The van der Waals surface area contributed by atoms with Gasteiger partial charge in [0, 0.05) is 6.04 Å². The fraction of sp³-hybridized carbons (Fsp3) is 0.625. The first-order valence-electron chi connectivity index (χ1n) is 3.96. The number of hydrogen-bond donors (Lipinski definition) is 2. The van der Waals surface area contributed by atoms with Gasteiger partial charge < -0.3 is 15.8 Å². The molecule has 3 N–H and O–H groups in total. The third kappa shape index (κ3) is 5.58. The summed E-state index contributed by atoms with van der Waals surface area (Å²) in [6, 6.07) is 0.218. The number of nitrogens with one attached hydrogen (secondary N) is 1. The second-order valence-corrected chi connectivity index (χ2v) is 2.65. The van der Waals surface area contributed by atoms with Crippen molar-refractivity contribution in [3.63, 3.8) is 0 Å². The van der Waals surface area contributed by atoms with Crippen molar-refractivity contribution >= 4 is 5.97 Å². The summed E-state index contributed by atoms with van der Waals surface area (Å²) in [7, 11) is 0. The predicted molar refractivity (Wildman–Crippen MR) is 47.2 cm³/mol. The first kappa shape index (κ1) is 10.8. The van der Waals surface area contributed by atoms with Crippen LogP contribution in [0.5, 0.6) is 0 Å². The minimum Gasteiger partial charge on any atom is -0.463 e. The van der Waals surface area contributed by atoms with E-state index >= 15 is 0 Å². The molecule has 12 heavy (non-hydrogen) atoms. The molecular formula is C8H16N2O2. The van der Waals surface area contributed by atoms with Crippen LogP contribution in [0.4, 0.5) is 0 Å². The number of esters is 1. The number of carbonyl (C=O) groups excluding carboxylic acids is 1. The average Bonchev–Trinajstić information content (AvgIpc) is 1.84. The normalized spacial score (nSPS) is 11.5. The van der Waals surface area contributed by atoms with Crippen molar-refractivity contribution in [2.45, 2.75) is 26.8 Å². The molecule has 0 rings (SSSR count). The lowest BCUT2D eigenvalue weighted by molar-refractivity contribution is -0.137. The quantitative estimate of drug-likeness (QED) is 0.474. The minimum absolute atomic E-state index is 0.218. The van der Waals surface area contributed by atoms with E-state index in [0.717, 1.165) is 0 Å². The molecule has 0 heterocycles. The molecule has 0 aromatic heterocycles. The van der Waals surface area contributed by atoms with Gasteiger partial charge >= 0.3 is 5.97 Å². The monoisotopic (exact) mass is 172 g/mol. The van der Waals surface area contributed by atoms with Crippen LogP contribution in [0.25, 0.3) is 0 Å². The van der Waals surface area contributed by atoms with Crippen LogP contribution in [0.15, 0.2) is 11.9 Å². The summed E-state index contributed by atoms with van der Waals surface area (Å²) in [6.45, 7) is 5.99.